The van der Waals surface area contributed by atoms with Crippen LogP contribution < -0.4 is 11.5 Å². The van der Waals surface area contributed by atoms with E-state index < -0.39 is 42.1 Å². The molecule has 0 unspecified atom stereocenters. The standard InChI is InChI=1S/C19H27N7O5/c1-4-19(2,3)25(6-5-10(20)18(29)30)7-11-13(27)14(28)17(31-11)26-9-24-12-15(21)22-8-23-16(12)26/h1,8-11,13-14,17,27-28H,5-7,20H2,2-3H3,(H,29,30)(H2,21,22,23)/t10-,11+,13+,14+,17+/m0/s1. The molecule has 7 N–H and O–H groups in total. The van der Waals surface area contributed by atoms with Gasteiger partial charge >= 0.3 is 5.97 Å². The number of aromatic nitrogens is 4. The van der Waals surface area contributed by atoms with E-state index in [0.717, 1.165) is 0 Å². The number of nitrogen functional groups attached to an aromatic ring is 1. The van der Waals surface area contributed by atoms with E-state index in [1.807, 2.05) is 0 Å². The fourth-order valence-corrected chi connectivity index (χ4v) is 3.49. The number of aliphatic hydroxyl groups is 2. The van der Waals surface area contributed by atoms with E-state index in [0.29, 0.717) is 11.2 Å². The van der Waals surface area contributed by atoms with Crippen LogP contribution in [-0.2, 0) is 9.53 Å². The number of nitrogens with two attached hydrogens (primary N) is 2. The molecule has 0 radical (unpaired) electrons. The number of hydrogen-bond donors (Lipinski definition) is 5. The van der Waals surface area contributed by atoms with Crippen molar-refractivity contribution in [3.05, 3.63) is 12.7 Å². The summed E-state index contributed by atoms with van der Waals surface area (Å²) in [4.78, 5) is 25.0. The van der Waals surface area contributed by atoms with Crippen LogP contribution in [0.3, 0.4) is 0 Å². The van der Waals surface area contributed by atoms with Crippen molar-refractivity contribution in [2.45, 2.75) is 56.4 Å². The van der Waals surface area contributed by atoms with Gasteiger partial charge < -0.3 is 31.5 Å². The van der Waals surface area contributed by atoms with Crippen LogP contribution in [-0.4, -0.2) is 88.7 Å². The number of nitrogens with zero attached hydrogens (tertiary/aromatic N) is 5. The van der Waals surface area contributed by atoms with Gasteiger partial charge in [-0.15, -0.1) is 6.42 Å². The van der Waals surface area contributed by atoms with E-state index in [-0.39, 0.29) is 25.3 Å². The first-order valence-corrected chi connectivity index (χ1v) is 9.72. The molecule has 1 aliphatic heterocycles. The molecule has 0 bridgehead atoms. The first kappa shape index (κ1) is 22.9. The summed E-state index contributed by atoms with van der Waals surface area (Å²) in [6.07, 6.45) is 4.22. The Kier molecular flexibility index (Phi) is 6.44. The van der Waals surface area contributed by atoms with Gasteiger partial charge in [0.2, 0.25) is 0 Å². The first-order valence-electron chi connectivity index (χ1n) is 9.72. The van der Waals surface area contributed by atoms with Crippen LogP contribution in [0.25, 0.3) is 11.2 Å². The number of carbonyl (C=O) groups is 1. The zero-order chi connectivity index (χ0) is 22.9. The molecule has 31 heavy (non-hydrogen) atoms. The summed E-state index contributed by atoms with van der Waals surface area (Å²) < 4.78 is 7.45. The number of carboxylic acids is 1. The highest BCUT2D eigenvalue weighted by Crippen LogP contribution is 2.33. The minimum atomic E-state index is -1.27. The predicted octanol–water partition coefficient (Wildman–Crippen LogP) is -1.46. The average Bonchev–Trinajstić information content (AvgIpc) is 3.27. The molecule has 12 heteroatoms. The highest BCUT2D eigenvalue weighted by atomic mass is 16.6. The number of rotatable bonds is 8. The lowest BCUT2D eigenvalue weighted by atomic mass is 10.0. The smallest absolute Gasteiger partial charge is 0.320 e. The molecule has 3 heterocycles. The maximum Gasteiger partial charge on any atom is 0.320 e. The van der Waals surface area contributed by atoms with E-state index in [1.54, 1.807) is 18.7 Å². The molecule has 0 spiro atoms. The zero-order valence-corrected chi connectivity index (χ0v) is 17.3. The second-order valence-electron chi connectivity index (χ2n) is 8.01. The summed E-state index contributed by atoms with van der Waals surface area (Å²) in [6, 6.07) is -1.05. The van der Waals surface area contributed by atoms with Crippen LogP contribution >= 0.6 is 0 Å². The quantitative estimate of drug-likeness (QED) is 0.306. The van der Waals surface area contributed by atoms with E-state index in [4.69, 9.17) is 27.7 Å². The van der Waals surface area contributed by atoms with Gasteiger partial charge in [0.15, 0.2) is 17.7 Å². The molecule has 168 valence electrons. The third kappa shape index (κ3) is 4.46. The van der Waals surface area contributed by atoms with Crippen molar-refractivity contribution in [1.82, 2.24) is 24.4 Å². The number of anilines is 1. The van der Waals surface area contributed by atoms with E-state index in [2.05, 4.69) is 20.9 Å². The molecule has 0 amide bonds. The Morgan fingerprint density at radius 3 is 2.74 bits per heavy atom. The van der Waals surface area contributed by atoms with Crippen molar-refractivity contribution >= 4 is 23.0 Å². The first-order chi connectivity index (χ1) is 14.6. The minimum absolute atomic E-state index is 0.141. The largest absolute Gasteiger partial charge is 0.480 e. The van der Waals surface area contributed by atoms with Gasteiger partial charge in [0.25, 0.3) is 0 Å². The van der Waals surface area contributed by atoms with Crippen molar-refractivity contribution in [3.63, 3.8) is 0 Å². The van der Waals surface area contributed by atoms with Crippen LogP contribution in [0.2, 0.25) is 0 Å². The lowest BCUT2D eigenvalue weighted by molar-refractivity contribution is -0.138. The molecule has 12 nitrogen and oxygen atoms in total. The number of terminal acetylenes is 1. The van der Waals surface area contributed by atoms with Crippen LogP contribution in [0.1, 0.15) is 26.5 Å². The molecule has 5 atom stereocenters. The summed E-state index contributed by atoms with van der Waals surface area (Å²) in [5, 5.41) is 30.3. The highest BCUT2D eigenvalue weighted by Gasteiger charge is 2.46. The van der Waals surface area contributed by atoms with Gasteiger partial charge in [-0.2, -0.15) is 0 Å². The third-order valence-corrected chi connectivity index (χ3v) is 5.57. The molecule has 1 aliphatic rings. The Labute approximate surface area is 178 Å². The topological polar surface area (TPSA) is 186 Å². The molecule has 2 aromatic heterocycles. The lowest BCUT2D eigenvalue weighted by Gasteiger charge is -2.37. The molecule has 0 aromatic carbocycles. The number of aliphatic carboxylic acids is 1. The second-order valence-corrected chi connectivity index (χ2v) is 8.01. The second kappa shape index (κ2) is 8.74. The Morgan fingerprint density at radius 2 is 2.10 bits per heavy atom. The molecule has 3 rings (SSSR count). The van der Waals surface area contributed by atoms with Gasteiger partial charge in [0.05, 0.1) is 11.9 Å². The van der Waals surface area contributed by atoms with Crippen LogP contribution in [0.5, 0.6) is 0 Å². The van der Waals surface area contributed by atoms with Crippen molar-refractivity contribution in [2.75, 3.05) is 18.8 Å². The predicted molar refractivity (Wildman–Crippen MR) is 110 cm³/mol. The van der Waals surface area contributed by atoms with Gasteiger partial charge in [0, 0.05) is 13.1 Å². The highest BCUT2D eigenvalue weighted by molar-refractivity contribution is 5.81. The summed E-state index contributed by atoms with van der Waals surface area (Å²) in [5.74, 6) is 1.73. The summed E-state index contributed by atoms with van der Waals surface area (Å²) in [6.45, 7) is 3.98. The van der Waals surface area contributed by atoms with Gasteiger partial charge in [-0.1, -0.05) is 5.92 Å². The SMILES string of the molecule is C#CC(C)(C)N(CC[C@H](N)C(=O)O)C[C@H]1O[C@@H](n2cnc3c(N)ncnc32)[C@H](O)[C@@H]1O. The van der Waals surface area contributed by atoms with Crippen molar-refractivity contribution in [1.29, 1.82) is 0 Å². The summed E-state index contributed by atoms with van der Waals surface area (Å²) in [5.41, 5.74) is 11.4. The van der Waals surface area contributed by atoms with Crippen molar-refractivity contribution in [2.24, 2.45) is 5.73 Å². The zero-order valence-electron chi connectivity index (χ0n) is 17.3. The van der Waals surface area contributed by atoms with Crippen molar-refractivity contribution < 1.29 is 24.9 Å². The molecule has 1 fully saturated rings. The average molecular weight is 433 g/mol. The molecule has 1 saturated heterocycles. The van der Waals surface area contributed by atoms with Gasteiger partial charge in [-0.25, -0.2) is 15.0 Å². The van der Waals surface area contributed by atoms with Gasteiger partial charge in [-0.3, -0.25) is 14.3 Å². The Morgan fingerprint density at radius 1 is 1.39 bits per heavy atom. The van der Waals surface area contributed by atoms with Gasteiger partial charge in [-0.05, 0) is 20.3 Å². The molecule has 0 aliphatic carbocycles. The number of carboxylic acid groups (broad SMARTS) is 1. The number of ether oxygens (including phenoxy) is 1. The maximum absolute atomic E-state index is 11.1. The van der Waals surface area contributed by atoms with E-state index >= 15 is 0 Å². The Bertz CT molecular complexity index is 988. The molecule has 0 saturated carbocycles. The maximum atomic E-state index is 11.1. The normalized spacial score (nSPS) is 25.1. The fourth-order valence-electron chi connectivity index (χ4n) is 3.49. The lowest BCUT2D eigenvalue weighted by Crippen LogP contribution is -2.50. The molecular weight excluding hydrogens is 406 g/mol. The van der Waals surface area contributed by atoms with Gasteiger partial charge in [0.1, 0.15) is 36.2 Å². The number of imidazole rings is 1. The Balaban J connectivity index is 1.80. The molecular formula is C19H27N7O5. The van der Waals surface area contributed by atoms with E-state index in [9.17, 15) is 15.0 Å². The van der Waals surface area contributed by atoms with Crippen LogP contribution in [0, 0.1) is 12.3 Å². The summed E-state index contributed by atoms with van der Waals surface area (Å²) >= 11 is 0. The van der Waals surface area contributed by atoms with Crippen molar-refractivity contribution in [3.8, 4) is 12.3 Å². The molecule has 2 aromatic rings. The number of aliphatic hydroxyl groups excluding tert-OH is 2. The van der Waals surface area contributed by atoms with E-state index in [1.165, 1.54) is 17.2 Å². The van der Waals surface area contributed by atoms with Crippen LogP contribution in [0.15, 0.2) is 12.7 Å². The summed E-state index contributed by atoms with van der Waals surface area (Å²) in [7, 11) is 0. The monoisotopic (exact) mass is 433 g/mol. The minimum Gasteiger partial charge on any atom is -0.480 e. The third-order valence-electron chi connectivity index (χ3n) is 5.57. The Hall–Kier alpha value is -2.82. The number of hydrogen-bond acceptors (Lipinski definition) is 10. The number of fused-ring (bicyclic) bond motifs is 1. The fraction of sp³-hybridized carbons (Fsp3) is 0.579. The van der Waals surface area contributed by atoms with Crippen LogP contribution in [0.4, 0.5) is 5.82 Å².